The number of phenols is 1. The zero-order chi connectivity index (χ0) is 18.4. The third kappa shape index (κ3) is 2.50. The van der Waals surface area contributed by atoms with Gasteiger partial charge in [0.1, 0.15) is 5.75 Å². The Morgan fingerprint density at radius 1 is 1.04 bits per heavy atom. The van der Waals surface area contributed by atoms with E-state index >= 15 is 0 Å². The first kappa shape index (κ1) is 16.2. The standard InChI is InChI=1S/C20H19N3O3/c1-12-3-5-13(6-4-12)18-17-16(22(2)20(26)21-18)11-23(19(17)25)14-7-9-15(24)10-8-14/h3-10,18,24H,11H2,1-2H3,(H,21,26)/t18-/m0/s1. The Morgan fingerprint density at radius 3 is 2.35 bits per heavy atom. The largest absolute Gasteiger partial charge is 0.508 e. The Morgan fingerprint density at radius 2 is 1.69 bits per heavy atom. The second-order valence-electron chi connectivity index (χ2n) is 6.62. The minimum Gasteiger partial charge on any atom is -0.508 e. The third-order valence-corrected chi connectivity index (χ3v) is 4.93. The van der Waals surface area contributed by atoms with E-state index < -0.39 is 6.04 Å². The Balaban J connectivity index is 1.75. The first-order valence-electron chi connectivity index (χ1n) is 8.40. The SMILES string of the molecule is Cc1ccc([C@@H]2NC(=O)N(C)C3=C2C(=O)N(c2ccc(O)cc2)C3)cc1. The molecule has 1 atom stereocenters. The summed E-state index contributed by atoms with van der Waals surface area (Å²) in [5, 5.41) is 12.4. The monoisotopic (exact) mass is 349 g/mol. The summed E-state index contributed by atoms with van der Waals surface area (Å²) in [5.74, 6) is 0.00716. The Bertz CT molecular complexity index is 916. The Hall–Kier alpha value is -3.28. The molecule has 2 aliphatic rings. The van der Waals surface area contributed by atoms with Crippen molar-refractivity contribution < 1.29 is 14.7 Å². The Labute approximate surface area is 151 Å². The molecule has 6 heteroatoms. The first-order valence-corrected chi connectivity index (χ1v) is 8.40. The lowest BCUT2D eigenvalue weighted by Gasteiger charge is -2.31. The normalized spacial score (nSPS) is 19.7. The number of rotatable bonds is 2. The zero-order valence-electron chi connectivity index (χ0n) is 14.6. The van der Waals surface area contributed by atoms with E-state index in [4.69, 9.17) is 0 Å². The van der Waals surface area contributed by atoms with Gasteiger partial charge in [-0.05, 0) is 36.8 Å². The van der Waals surface area contributed by atoms with Crippen molar-refractivity contribution in [3.8, 4) is 5.75 Å². The van der Waals surface area contributed by atoms with Crippen LogP contribution in [0.25, 0.3) is 0 Å². The molecule has 2 heterocycles. The van der Waals surface area contributed by atoms with Crippen molar-refractivity contribution in [3.05, 3.63) is 70.9 Å². The average molecular weight is 349 g/mol. The van der Waals surface area contributed by atoms with Gasteiger partial charge in [0.15, 0.2) is 0 Å². The predicted octanol–water partition coefficient (Wildman–Crippen LogP) is 2.70. The van der Waals surface area contributed by atoms with Gasteiger partial charge in [0.25, 0.3) is 5.91 Å². The minimum absolute atomic E-state index is 0.136. The number of phenolic OH excluding ortho intramolecular Hbond substituents is 1. The van der Waals surface area contributed by atoms with E-state index in [1.54, 1.807) is 36.2 Å². The number of likely N-dealkylation sites (N-methyl/N-ethyl adjacent to an activating group) is 1. The molecule has 4 rings (SSSR count). The number of hydrogen-bond acceptors (Lipinski definition) is 3. The number of hydrogen-bond donors (Lipinski definition) is 2. The summed E-state index contributed by atoms with van der Waals surface area (Å²) in [4.78, 5) is 28.7. The van der Waals surface area contributed by atoms with Crippen molar-refractivity contribution in [2.75, 3.05) is 18.5 Å². The number of benzene rings is 2. The average Bonchev–Trinajstić information content (AvgIpc) is 2.97. The highest BCUT2D eigenvalue weighted by molar-refractivity contribution is 6.11. The fourth-order valence-electron chi connectivity index (χ4n) is 3.42. The molecule has 0 saturated carbocycles. The lowest BCUT2D eigenvalue weighted by molar-refractivity contribution is -0.114. The van der Waals surface area contributed by atoms with Crippen molar-refractivity contribution in [1.29, 1.82) is 0 Å². The molecule has 0 aromatic heterocycles. The Kier molecular flexibility index (Phi) is 3.68. The highest BCUT2D eigenvalue weighted by Crippen LogP contribution is 2.37. The van der Waals surface area contributed by atoms with E-state index in [1.807, 2.05) is 31.2 Å². The highest BCUT2D eigenvalue weighted by Gasteiger charge is 2.43. The minimum atomic E-state index is -0.469. The van der Waals surface area contributed by atoms with Gasteiger partial charge in [-0.25, -0.2) is 4.79 Å². The number of nitrogens with zero attached hydrogens (tertiary/aromatic N) is 2. The van der Waals surface area contributed by atoms with Crippen LogP contribution >= 0.6 is 0 Å². The smallest absolute Gasteiger partial charge is 0.322 e. The summed E-state index contributed by atoms with van der Waals surface area (Å²) in [7, 11) is 1.67. The van der Waals surface area contributed by atoms with Crippen LogP contribution in [-0.4, -0.2) is 35.5 Å². The molecule has 0 bridgehead atoms. The van der Waals surface area contributed by atoms with E-state index in [1.165, 1.54) is 4.90 Å². The highest BCUT2D eigenvalue weighted by atomic mass is 16.3. The number of aromatic hydroxyl groups is 1. The molecule has 0 saturated heterocycles. The van der Waals surface area contributed by atoms with E-state index in [-0.39, 0.29) is 17.7 Å². The van der Waals surface area contributed by atoms with Crippen LogP contribution in [0.3, 0.4) is 0 Å². The fourth-order valence-corrected chi connectivity index (χ4v) is 3.42. The maximum absolute atomic E-state index is 13.2. The number of urea groups is 1. The van der Waals surface area contributed by atoms with Crippen LogP contribution < -0.4 is 10.2 Å². The van der Waals surface area contributed by atoms with E-state index in [2.05, 4.69) is 5.32 Å². The van der Waals surface area contributed by atoms with Crippen molar-refractivity contribution in [1.82, 2.24) is 10.2 Å². The number of carbonyl (C=O) groups excluding carboxylic acids is 2. The summed E-state index contributed by atoms with van der Waals surface area (Å²) >= 11 is 0. The van der Waals surface area contributed by atoms with Gasteiger partial charge < -0.3 is 15.3 Å². The molecule has 132 valence electrons. The van der Waals surface area contributed by atoms with Gasteiger partial charge in [-0.2, -0.15) is 0 Å². The van der Waals surface area contributed by atoms with Gasteiger partial charge in [-0.3, -0.25) is 9.69 Å². The van der Waals surface area contributed by atoms with Gasteiger partial charge in [0.2, 0.25) is 0 Å². The van der Waals surface area contributed by atoms with Crippen LogP contribution in [0.15, 0.2) is 59.8 Å². The van der Waals surface area contributed by atoms with Crippen LogP contribution in [0.5, 0.6) is 5.75 Å². The van der Waals surface area contributed by atoms with Crippen molar-refractivity contribution in [2.24, 2.45) is 0 Å². The molecule has 2 aliphatic heterocycles. The molecule has 6 nitrogen and oxygen atoms in total. The van der Waals surface area contributed by atoms with Crippen LogP contribution in [-0.2, 0) is 4.79 Å². The molecular weight excluding hydrogens is 330 g/mol. The predicted molar refractivity (Wildman–Crippen MR) is 97.7 cm³/mol. The number of aryl methyl sites for hydroxylation is 1. The zero-order valence-corrected chi connectivity index (χ0v) is 14.6. The quantitative estimate of drug-likeness (QED) is 0.876. The maximum atomic E-state index is 13.2. The van der Waals surface area contributed by atoms with Crippen LogP contribution in [0.2, 0.25) is 0 Å². The molecule has 26 heavy (non-hydrogen) atoms. The molecule has 0 aliphatic carbocycles. The number of nitrogens with one attached hydrogen (secondary N) is 1. The molecular formula is C20H19N3O3. The van der Waals surface area contributed by atoms with Crippen LogP contribution in [0.1, 0.15) is 17.2 Å². The summed E-state index contributed by atoms with van der Waals surface area (Å²) in [6.45, 7) is 2.32. The van der Waals surface area contributed by atoms with Crippen molar-refractivity contribution in [2.45, 2.75) is 13.0 Å². The van der Waals surface area contributed by atoms with Crippen molar-refractivity contribution >= 4 is 17.6 Å². The number of anilines is 1. The number of amides is 3. The second kappa shape index (κ2) is 5.91. The molecule has 2 aromatic rings. The van der Waals surface area contributed by atoms with Crippen molar-refractivity contribution in [3.63, 3.8) is 0 Å². The van der Waals surface area contributed by atoms with E-state index in [0.29, 0.717) is 23.5 Å². The fraction of sp³-hybridized carbons (Fsp3) is 0.200. The van der Waals surface area contributed by atoms with Gasteiger partial charge in [0.05, 0.1) is 23.9 Å². The van der Waals surface area contributed by atoms with E-state index in [9.17, 15) is 14.7 Å². The molecule has 0 fully saturated rings. The molecule has 0 spiro atoms. The molecule has 2 aromatic carbocycles. The molecule has 2 N–H and O–H groups in total. The molecule has 3 amide bonds. The van der Waals surface area contributed by atoms with E-state index in [0.717, 1.165) is 11.1 Å². The maximum Gasteiger partial charge on any atom is 0.322 e. The second-order valence-corrected chi connectivity index (χ2v) is 6.62. The molecule has 0 radical (unpaired) electrons. The van der Waals surface area contributed by atoms with Gasteiger partial charge in [0, 0.05) is 12.7 Å². The summed E-state index contributed by atoms with van der Waals surface area (Å²) in [5.41, 5.74) is 3.98. The van der Waals surface area contributed by atoms with Gasteiger partial charge >= 0.3 is 6.03 Å². The van der Waals surface area contributed by atoms with Crippen LogP contribution in [0.4, 0.5) is 10.5 Å². The lowest BCUT2D eigenvalue weighted by Crippen LogP contribution is -2.45. The lowest BCUT2D eigenvalue weighted by atomic mass is 9.95. The summed E-state index contributed by atoms with van der Waals surface area (Å²) in [6, 6.07) is 13.6. The summed E-state index contributed by atoms with van der Waals surface area (Å²) < 4.78 is 0. The summed E-state index contributed by atoms with van der Waals surface area (Å²) in [6.07, 6.45) is 0. The van der Waals surface area contributed by atoms with Gasteiger partial charge in [-0.1, -0.05) is 29.8 Å². The topological polar surface area (TPSA) is 72.9 Å². The third-order valence-electron chi connectivity index (χ3n) is 4.93. The van der Waals surface area contributed by atoms with Crippen LogP contribution in [0, 0.1) is 6.92 Å². The van der Waals surface area contributed by atoms with Gasteiger partial charge in [-0.15, -0.1) is 0 Å². The number of carbonyl (C=O) groups is 2. The molecule has 0 unspecified atom stereocenters. The first-order chi connectivity index (χ1) is 12.5.